The van der Waals surface area contributed by atoms with E-state index in [0.29, 0.717) is 0 Å². The molecule has 0 unspecified atom stereocenters. The molecule has 4 atom stereocenters. The minimum absolute atomic E-state index is 0.160. The number of amides is 3. The monoisotopic (exact) mass is 232 g/mol. The van der Waals surface area contributed by atoms with E-state index in [1.807, 2.05) is 5.32 Å². The van der Waals surface area contributed by atoms with Gasteiger partial charge in [-0.3, -0.25) is 10.1 Å². The van der Waals surface area contributed by atoms with Gasteiger partial charge in [0.2, 0.25) is 5.72 Å². The molecule has 0 aromatic heterocycles. The lowest BCUT2D eigenvalue weighted by molar-refractivity contribution is -0.152. The number of nitrogens with one attached hydrogen (secondary N) is 2. The molecule has 0 aromatic rings. The van der Waals surface area contributed by atoms with Gasteiger partial charge in [0, 0.05) is 6.42 Å². The molecule has 8 nitrogen and oxygen atoms in total. The molecule has 16 heavy (non-hydrogen) atoms. The number of aliphatic hydroxyl groups excluding tert-OH is 3. The fourth-order valence-electron chi connectivity index (χ4n) is 1.91. The van der Waals surface area contributed by atoms with E-state index in [4.69, 9.17) is 9.84 Å². The molecule has 1 spiro atoms. The molecule has 2 fully saturated rings. The van der Waals surface area contributed by atoms with Crippen LogP contribution < -0.4 is 10.6 Å². The van der Waals surface area contributed by atoms with Gasteiger partial charge in [-0.25, -0.2) is 4.79 Å². The van der Waals surface area contributed by atoms with E-state index in [9.17, 15) is 19.8 Å². The molecule has 0 saturated carbocycles. The number of imide groups is 1. The van der Waals surface area contributed by atoms with Gasteiger partial charge < -0.3 is 25.4 Å². The second-order valence-electron chi connectivity index (χ2n) is 3.84. The summed E-state index contributed by atoms with van der Waals surface area (Å²) in [5.41, 5.74) is -1.63. The van der Waals surface area contributed by atoms with Crippen molar-refractivity contribution >= 4 is 11.9 Å². The zero-order valence-electron chi connectivity index (χ0n) is 8.21. The third-order valence-electron chi connectivity index (χ3n) is 2.69. The van der Waals surface area contributed by atoms with Gasteiger partial charge >= 0.3 is 6.03 Å². The van der Waals surface area contributed by atoms with Crippen LogP contribution in [0.4, 0.5) is 4.79 Å². The quantitative estimate of drug-likeness (QED) is 0.323. The summed E-state index contributed by atoms with van der Waals surface area (Å²) in [6.45, 7) is -0.604. The Morgan fingerprint density at radius 2 is 2.25 bits per heavy atom. The molecule has 3 amide bonds. The number of urea groups is 1. The van der Waals surface area contributed by atoms with Crippen LogP contribution in [0.15, 0.2) is 0 Å². The standard InChI is InChI=1S/C8H12N2O6/c11-2-4(13)5-3(12)1-8(16-5)6(14)9-7(15)10-8/h3-5,11-13H,1-2H2,(H2,9,10,14,15)/t3-,4-,5-,8+/m0/s1. The number of carbonyl (C=O) groups excluding carboxylic acids is 2. The van der Waals surface area contributed by atoms with Gasteiger partial charge in [-0.1, -0.05) is 0 Å². The second kappa shape index (κ2) is 3.67. The Balaban J connectivity index is 2.17. The highest BCUT2D eigenvalue weighted by atomic mass is 16.6. The van der Waals surface area contributed by atoms with E-state index < -0.39 is 42.6 Å². The number of ether oxygens (including phenoxy) is 1. The lowest BCUT2D eigenvalue weighted by Crippen LogP contribution is -2.48. The predicted molar refractivity (Wildman–Crippen MR) is 48.0 cm³/mol. The molecule has 8 heteroatoms. The Hall–Kier alpha value is -1.22. The van der Waals surface area contributed by atoms with Crippen molar-refractivity contribution in [2.45, 2.75) is 30.5 Å². The van der Waals surface area contributed by atoms with Crippen molar-refractivity contribution in [3.63, 3.8) is 0 Å². The smallest absolute Gasteiger partial charge is 0.324 e. The van der Waals surface area contributed by atoms with Crippen molar-refractivity contribution in [2.75, 3.05) is 6.61 Å². The average Bonchev–Trinajstić information content (AvgIpc) is 2.67. The average molecular weight is 232 g/mol. The zero-order valence-corrected chi connectivity index (χ0v) is 8.21. The van der Waals surface area contributed by atoms with Gasteiger partial charge in [0.05, 0.1) is 12.7 Å². The lowest BCUT2D eigenvalue weighted by atomic mass is 10.0. The first-order chi connectivity index (χ1) is 7.48. The molecular weight excluding hydrogens is 220 g/mol. The minimum atomic E-state index is -1.63. The van der Waals surface area contributed by atoms with Gasteiger partial charge in [0.1, 0.15) is 12.2 Å². The van der Waals surface area contributed by atoms with Crippen molar-refractivity contribution in [1.82, 2.24) is 10.6 Å². The van der Waals surface area contributed by atoms with Crippen molar-refractivity contribution < 1.29 is 29.6 Å². The predicted octanol–water partition coefficient (Wildman–Crippen LogP) is -2.97. The van der Waals surface area contributed by atoms with Crippen LogP contribution in [0.25, 0.3) is 0 Å². The molecule has 0 bridgehead atoms. The number of hydrogen-bond donors (Lipinski definition) is 5. The molecule has 2 saturated heterocycles. The van der Waals surface area contributed by atoms with E-state index >= 15 is 0 Å². The molecule has 0 aliphatic carbocycles. The van der Waals surface area contributed by atoms with Crippen LogP contribution in [0, 0.1) is 0 Å². The van der Waals surface area contributed by atoms with Crippen molar-refractivity contribution in [2.24, 2.45) is 0 Å². The maximum absolute atomic E-state index is 11.4. The third kappa shape index (κ3) is 1.55. The van der Waals surface area contributed by atoms with Gasteiger partial charge in [0.25, 0.3) is 5.91 Å². The molecular formula is C8H12N2O6. The summed E-state index contributed by atoms with van der Waals surface area (Å²) >= 11 is 0. The van der Waals surface area contributed by atoms with Crippen LogP contribution in [0.3, 0.4) is 0 Å². The van der Waals surface area contributed by atoms with Crippen molar-refractivity contribution in [1.29, 1.82) is 0 Å². The summed E-state index contributed by atoms with van der Waals surface area (Å²) < 4.78 is 5.15. The maximum Gasteiger partial charge on any atom is 0.324 e. The first-order valence-corrected chi connectivity index (χ1v) is 4.77. The maximum atomic E-state index is 11.4. The highest BCUT2D eigenvalue weighted by molar-refractivity contribution is 6.06. The Morgan fingerprint density at radius 3 is 2.75 bits per heavy atom. The fraction of sp³-hybridized carbons (Fsp3) is 0.750. The van der Waals surface area contributed by atoms with Crippen molar-refractivity contribution in [3.8, 4) is 0 Å². The first kappa shape index (κ1) is 11.3. The molecule has 5 N–H and O–H groups in total. The first-order valence-electron chi connectivity index (χ1n) is 4.77. The number of rotatable bonds is 2. The molecule has 2 aliphatic heterocycles. The summed E-state index contributed by atoms with van der Waals surface area (Å²) in [4.78, 5) is 22.4. The highest BCUT2D eigenvalue weighted by Gasteiger charge is 2.57. The number of aliphatic hydroxyl groups is 3. The summed E-state index contributed by atoms with van der Waals surface area (Å²) in [6.07, 6.45) is -3.70. The summed E-state index contributed by atoms with van der Waals surface area (Å²) in [6, 6.07) is -0.712. The molecule has 0 radical (unpaired) electrons. The van der Waals surface area contributed by atoms with Gasteiger partial charge in [-0.05, 0) is 0 Å². The fourth-order valence-corrected chi connectivity index (χ4v) is 1.91. The van der Waals surface area contributed by atoms with Crippen LogP contribution >= 0.6 is 0 Å². The summed E-state index contributed by atoms with van der Waals surface area (Å²) in [7, 11) is 0. The molecule has 0 aromatic carbocycles. The van der Waals surface area contributed by atoms with E-state index in [-0.39, 0.29) is 6.42 Å². The third-order valence-corrected chi connectivity index (χ3v) is 2.69. The molecule has 90 valence electrons. The Kier molecular flexibility index (Phi) is 2.58. The van der Waals surface area contributed by atoms with E-state index in [1.54, 1.807) is 0 Å². The summed E-state index contributed by atoms with van der Waals surface area (Å²) in [5.74, 6) is -0.704. The van der Waals surface area contributed by atoms with E-state index in [0.717, 1.165) is 0 Å². The number of hydrogen-bond acceptors (Lipinski definition) is 6. The largest absolute Gasteiger partial charge is 0.394 e. The lowest BCUT2D eigenvalue weighted by Gasteiger charge is -2.22. The van der Waals surface area contributed by atoms with Crippen LogP contribution in [0.2, 0.25) is 0 Å². The summed E-state index contributed by atoms with van der Waals surface area (Å²) in [5, 5.41) is 31.9. The Morgan fingerprint density at radius 1 is 1.56 bits per heavy atom. The SMILES string of the molecule is O=C1NC(=O)[C@]2(C[C@H](O)[C@@H]([C@@H](O)CO)O2)N1. The van der Waals surface area contributed by atoms with Gasteiger partial charge in [-0.2, -0.15) is 0 Å². The van der Waals surface area contributed by atoms with E-state index in [2.05, 4.69) is 5.32 Å². The van der Waals surface area contributed by atoms with Crippen LogP contribution in [0.5, 0.6) is 0 Å². The molecule has 2 heterocycles. The van der Waals surface area contributed by atoms with Crippen LogP contribution in [-0.4, -0.2) is 57.9 Å². The van der Waals surface area contributed by atoms with Crippen LogP contribution in [0.1, 0.15) is 6.42 Å². The Labute approximate surface area is 90.2 Å². The zero-order chi connectivity index (χ0) is 11.9. The highest BCUT2D eigenvalue weighted by Crippen LogP contribution is 2.32. The Bertz CT molecular complexity index is 334. The normalized spacial score (nSPS) is 39.9. The van der Waals surface area contributed by atoms with Gasteiger partial charge in [-0.15, -0.1) is 0 Å². The second-order valence-corrected chi connectivity index (χ2v) is 3.84. The number of carbonyl (C=O) groups is 2. The van der Waals surface area contributed by atoms with Crippen LogP contribution in [-0.2, 0) is 9.53 Å². The molecule has 2 aliphatic rings. The van der Waals surface area contributed by atoms with E-state index in [1.165, 1.54) is 0 Å². The molecule has 2 rings (SSSR count). The van der Waals surface area contributed by atoms with Crippen molar-refractivity contribution in [3.05, 3.63) is 0 Å². The topological polar surface area (TPSA) is 128 Å². The minimum Gasteiger partial charge on any atom is -0.394 e. The van der Waals surface area contributed by atoms with Gasteiger partial charge in [0.15, 0.2) is 0 Å².